The van der Waals surface area contributed by atoms with Crippen LogP contribution >= 0.6 is 0 Å². The van der Waals surface area contributed by atoms with Crippen molar-refractivity contribution in [1.29, 1.82) is 0 Å². The molecule has 1 aliphatic rings. The van der Waals surface area contributed by atoms with Crippen molar-refractivity contribution in [3.8, 4) is 5.75 Å². The van der Waals surface area contributed by atoms with Crippen molar-refractivity contribution in [2.75, 3.05) is 26.5 Å². The summed E-state index contributed by atoms with van der Waals surface area (Å²) in [4.78, 5) is 14.1. The van der Waals surface area contributed by atoms with E-state index in [1.807, 2.05) is 6.92 Å². The highest BCUT2D eigenvalue weighted by molar-refractivity contribution is 5.95. The minimum Gasteiger partial charge on any atom is -0.495 e. The summed E-state index contributed by atoms with van der Waals surface area (Å²) >= 11 is 0. The number of carbonyl (C=O) groups excluding carboxylic acids is 1. The lowest BCUT2D eigenvalue weighted by Gasteiger charge is -2.27. The number of benzene rings is 1. The third-order valence-corrected chi connectivity index (χ3v) is 3.63. The summed E-state index contributed by atoms with van der Waals surface area (Å²) in [5.41, 5.74) is 6.87. The smallest absolute Gasteiger partial charge is 0.254 e. The first kappa shape index (κ1) is 13.7. The number of carbonyl (C=O) groups is 1. The first-order valence-electron chi connectivity index (χ1n) is 6.37. The zero-order chi connectivity index (χ0) is 14.0. The molecule has 1 aromatic rings. The van der Waals surface area contributed by atoms with Gasteiger partial charge in [-0.25, -0.2) is 0 Å². The molecule has 104 valence electrons. The summed E-state index contributed by atoms with van der Waals surface area (Å²) in [6, 6.07) is 5.22. The molecule has 0 saturated carbocycles. The van der Waals surface area contributed by atoms with E-state index in [-0.39, 0.29) is 18.1 Å². The standard InChI is InChI=1S/C14H20N2O3/c1-9-12(6-7-19-9)16(2)14(17)10-4-5-13(18-3)11(15)8-10/h4-5,8-9,12H,6-7,15H2,1-3H3. The van der Waals surface area contributed by atoms with Gasteiger partial charge in [-0.05, 0) is 31.5 Å². The van der Waals surface area contributed by atoms with Crippen LogP contribution in [0.25, 0.3) is 0 Å². The summed E-state index contributed by atoms with van der Waals surface area (Å²) in [6.07, 6.45) is 0.944. The molecule has 5 heteroatoms. The predicted octanol–water partition coefficient (Wildman–Crippen LogP) is 1.53. The lowest BCUT2D eigenvalue weighted by Crippen LogP contribution is -2.41. The highest BCUT2D eigenvalue weighted by Crippen LogP contribution is 2.24. The van der Waals surface area contributed by atoms with E-state index in [0.717, 1.165) is 6.42 Å². The molecule has 19 heavy (non-hydrogen) atoms. The maximum Gasteiger partial charge on any atom is 0.254 e. The molecular weight excluding hydrogens is 244 g/mol. The van der Waals surface area contributed by atoms with Crippen LogP contribution in [-0.2, 0) is 4.74 Å². The number of nitrogens with two attached hydrogens (primary N) is 1. The number of anilines is 1. The Morgan fingerprint density at radius 1 is 1.53 bits per heavy atom. The normalized spacial score (nSPS) is 22.3. The molecule has 1 saturated heterocycles. The van der Waals surface area contributed by atoms with Gasteiger partial charge in [0.1, 0.15) is 5.75 Å². The largest absolute Gasteiger partial charge is 0.495 e. The zero-order valence-corrected chi connectivity index (χ0v) is 11.6. The Bertz CT molecular complexity index is 476. The van der Waals surface area contributed by atoms with Crippen LogP contribution in [0.15, 0.2) is 18.2 Å². The fourth-order valence-electron chi connectivity index (χ4n) is 2.45. The Morgan fingerprint density at radius 3 is 2.79 bits per heavy atom. The van der Waals surface area contributed by atoms with Gasteiger partial charge in [-0.2, -0.15) is 0 Å². The Kier molecular flexibility index (Phi) is 3.95. The number of likely N-dealkylation sites (N-methyl/N-ethyl adjacent to an activating group) is 1. The van der Waals surface area contributed by atoms with Crippen LogP contribution in [0.5, 0.6) is 5.75 Å². The fraction of sp³-hybridized carbons (Fsp3) is 0.500. The van der Waals surface area contributed by atoms with Crippen molar-refractivity contribution in [3.05, 3.63) is 23.8 Å². The van der Waals surface area contributed by atoms with Crippen molar-refractivity contribution in [1.82, 2.24) is 4.90 Å². The van der Waals surface area contributed by atoms with Crippen LogP contribution in [0.3, 0.4) is 0 Å². The number of ether oxygens (including phenoxy) is 2. The molecule has 0 aliphatic carbocycles. The van der Waals surface area contributed by atoms with Crippen LogP contribution in [0.2, 0.25) is 0 Å². The number of hydrogen-bond donors (Lipinski definition) is 1. The predicted molar refractivity (Wildman–Crippen MR) is 73.3 cm³/mol. The van der Waals surface area contributed by atoms with Gasteiger partial charge in [0.2, 0.25) is 0 Å². The molecule has 1 aromatic carbocycles. The zero-order valence-electron chi connectivity index (χ0n) is 11.6. The summed E-state index contributed by atoms with van der Waals surface area (Å²) in [5.74, 6) is 0.536. The van der Waals surface area contributed by atoms with Gasteiger partial charge in [0.05, 0.1) is 24.9 Å². The van der Waals surface area contributed by atoms with Gasteiger partial charge >= 0.3 is 0 Å². The first-order chi connectivity index (χ1) is 9.04. The number of hydrogen-bond acceptors (Lipinski definition) is 4. The molecular formula is C14H20N2O3. The van der Waals surface area contributed by atoms with E-state index in [1.165, 1.54) is 0 Å². The molecule has 5 nitrogen and oxygen atoms in total. The Balaban J connectivity index is 2.17. The van der Waals surface area contributed by atoms with Crippen LogP contribution in [0.4, 0.5) is 5.69 Å². The first-order valence-corrected chi connectivity index (χ1v) is 6.37. The third-order valence-electron chi connectivity index (χ3n) is 3.63. The lowest BCUT2D eigenvalue weighted by atomic mass is 10.1. The second kappa shape index (κ2) is 5.48. The van der Waals surface area contributed by atoms with E-state index in [2.05, 4.69) is 0 Å². The van der Waals surface area contributed by atoms with E-state index < -0.39 is 0 Å². The lowest BCUT2D eigenvalue weighted by molar-refractivity contribution is 0.0574. The average molecular weight is 264 g/mol. The number of nitrogen functional groups attached to an aromatic ring is 1. The van der Waals surface area contributed by atoms with Crippen LogP contribution in [0.1, 0.15) is 23.7 Å². The summed E-state index contributed by atoms with van der Waals surface area (Å²) < 4.78 is 10.6. The molecule has 0 spiro atoms. The van der Waals surface area contributed by atoms with Gasteiger partial charge in [0, 0.05) is 19.2 Å². The highest BCUT2D eigenvalue weighted by Gasteiger charge is 2.31. The Morgan fingerprint density at radius 2 is 2.26 bits per heavy atom. The summed E-state index contributed by atoms with van der Waals surface area (Å²) in [6.45, 7) is 2.69. The number of amides is 1. The van der Waals surface area contributed by atoms with Crippen LogP contribution in [-0.4, -0.2) is 43.7 Å². The van der Waals surface area contributed by atoms with Crippen molar-refractivity contribution in [3.63, 3.8) is 0 Å². The van der Waals surface area contributed by atoms with Crippen LogP contribution in [0, 0.1) is 0 Å². The fourth-order valence-corrected chi connectivity index (χ4v) is 2.45. The van der Waals surface area contributed by atoms with Crippen molar-refractivity contribution >= 4 is 11.6 Å². The monoisotopic (exact) mass is 264 g/mol. The highest BCUT2D eigenvalue weighted by atomic mass is 16.5. The molecule has 1 aliphatic heterocycles. The summed E-state index contributed by atoms with van der Waals surface area (Å²) in [5, 5.41) is 0. The molecule has 0 radical (unpaired) electrons. The topological polar surface area (TPSA) is 64.8 Å². The molecule has 1 amide bonds. The molecule has 1 fully saturated rings. The molecule has 2 N–H and O–H groups in total. The number of rotatable bonds is 3. The maximum absolute atomic E-state index is 12.4. The van der Waals surface area contributed by atoms with Gasteiger partial charge in [-0.15, -0.1) is 0 Å². The molecule has 2 rings (SSSR count). The van der Waals surface area contributed by atoms with E-state index in [9.17, 15) is 4.79 Å². The molecule has 0 aromatic heterocycles. The van der Waals surface area contributed by atoms with Crippen molar-refractivity contribution < 1.29 is 14.3 Å². The van der Waals surface area contributed by atoms with E-state index >= 15 is 0 Å². The van der Waals surface area contributed by atoms with Gasteiger partial charge in [0.25, 0.3) is 5.91 Å². The van der Waals surface area contributed by atoms with Crippen LogP contribution < -0.4 is 10.5 Å². The molecule has 2 unspecified atom stereocenters. The van der Waals surface area contributed by atoms with Gasteiger partial charge in [-0.1, -0.05) is 0 Å². The van der Waals surface area contributed by atoms with E-state index in [1.54, 1.807) is 37.3 Å². The minimum atomic E-state index is -0.0447. The maximum atomic E-state index is 12.4. The number of methoxy groups -OCH3 is 1. The van der Waals surface area contributed by atoms with Gasteiger partial charge in [0.15, 0.2) is 0 Å². The number of nitrogens with zero attached hydrogens (tertiary/aromatic N) is 1. The molecule has 2 atom stereocenters. The molecule has 1 heterocycles. The third kappa shape index (κ3) is 2.66. The van der Waals surface area contributed by atoms with Crippen molar-refractivity contribution in [2.24, 2.45) is 0 Å². The Hall–Kier alpha value is -1.75. The minimum absolute atomic E-state index is 0.0447. The van der Waals surface area contributed by atoms with Gasteiger partial charge < -0.3 is 20.1 Å². The second-order valence-corrected chi connectivity index (χ2v) is 4.80. The van der Waals surface area contributed by atoms with E-state index in [4.69, 9.17) is 15.2 Å². The average Bonchev–Trinajstić information content (AvgIpc) is 2.83. The quantitative estimate of drug-likeness (QED) is 0.841. The molecule has 0 bridgehead atoms. The SMILES string of the molecule is COc1ccc(C(=O)N(C)C2CCOC2C)cc1N. The summed E-state index contributed by atoms with van der Waals surface area (Å²) in [7, 11) is 3.36. The Labute approximate surface area is 113 Å². The second-order valence-electron chi connectivity index (χ2n) is 4.80. The van der Waals surface area contributed by atoms with Gasteiger partial charge in [-0.3, -0.25) is 4.79 Å². The van der Waals surface area contributed by atoms with E-state index in [0.29, 0.717) is 23.6 Å². The van der Waals surface area contributed by atoms with Crippen molar-refractivity contribution in [2.45, 2.75) is 25.5 Å².